The number of hydrogen-bond acceptors (Lipinski definition) is 4. The molecule has 1 aliphatic rings. The van der Waals surface area contributed by atoms with Crippen LogP contribution in [0.4, 0.5) is 5.69 Å². The maximum atomic E-state index is 12.9. The minimum atomic E-state index is -3.60. The number of sulfonamides is 1. The Morgan fingerprint density at radius 1 is 1.26 bits per heavy atom. The van der Waals surface area contributed by atoms with E-state index >= 15 is 0 Å². The van der Waals surface area contributed by atoms with Crippen LogP contribution < -0.4 is 10.1 Å². The number of rotatable bonds is 5. The predicted molar refractivity (Wildman–Crippen MR) is 104 cm³/mol. The molecule has 0 radical (unpaired) electrons. The normalized spacial score (nSPS) is 18.3. The quantitative estimate of drug-likeness (QED) is 0.850. The molecule has 1 aliphatic heterocycles. The number of benzene rings is 1. The topological polar surface area (TPSA) is 80.6 Å². The van der Waals surface area contributed by atoms with Gasteiger partial charge in [0.15, 0.2) is 0 Å². The molecule has 0 bridgehead atoms. The van der Waals surface area contributed by atoms with E-state index in [1.165, 1.54) is 16.6 Å². The largest absolute Gasteiger partial charge is 0.497 e. The number of ether oxygens (including phenoxy) is 1. The van der Waals surface area contributed by atoms with E-state index in [0.29, 0.717) is 30.4 Å². The number of piperidine rings is 1. The first kappa shape index (κ1) is 19.4. The average molecular weight is 391 g/mol. The lowest BCUT2D eigenvalue weighted by atomic mass is 10.0. The summed E-state index contributed by atoms with van der Waals surface area (Å²) in [4.78, 5) is 12.7. The van der Waals surface area contributed by atoms with Crippen LogP contribution in [-0.2, 0) is 17.1 Å². The minimum Gasteiger partial charge on any atom is -0.497 e. The van der Waals surface area contributed by atoms with Crippen molar-refractivity contribution >= 4 is 21.6 Å². The number of aryl methyl sites for hydroxylation is 1. The zero-order valence-electron chi connectivity index (χ0n) is 15.8. The Balaban J connectivity index is 1.79. The molecule has 1 aromatic heterocycles. The van der Waals surface area contributed by atoms with E-state index in [1.54, 1.807) is 43.0 Å². The molecule has 2 aromatic rings. The molecule has 2 heterocycles. The molecular weight excluding hydrogens is 366 g/mol. The van der Waals surface area contributed by atoms with Crippen LogP contribution in [0.3, 0.4) is 0 Å². The highest BCUT2D eigenvalue weighted by atomic mass is 32.2. The van der Waals surface area contributed by atoms with E-state index in [2.05, 4.69) is 12.2 Å². The second kappa shape index (κ2) is 7.74. The van der Waals surface area contributed by atoms with Crippen molar-refractivity contribution in [1.82, 2.24) is 8.87 Å². The van der Waals surface area contributed by atoms with Gasteiger partial charge in [0.05, 0.1) is 7.11 Å². The molecule has 1 amide bonds. The van der Waals surface area contributed by atoms with E-state index in [0.717, 1.165) is 12.8 Å². The fourth-order valence-corrected chi connectivity index (χ4v) is 4.95. The van der Waals surface area contributed by atoms with E-state index in [9.17, 15) is 13.2 Å². The third-order valence-corrected chi connectivity index (χ3v) is 6.65. The molecule has 0 spiro atoms. The maximum absolute atomic E-state index is 12.9. The fraction of sp³-hybridized carbons (Fsp3) is 0.421. The van der Waals surface area contributed by atoms with Gasteiger partial charge in [0, 0.05) is 32.0 Å². The Morgan fingerprint density at radius 2 is 1.96 bits per heavy atom. The van der Waals surface area contributed by atoms with Gasteiger partial charge in [-0.1, -0.05) is 6.92 Å². The first-order chi connectivity index (χ1) is 12.8. The SMILES string of the molecule is COc1ccc(NC(=O)c2cc(S(=O)(=O)N3CCC[C@@H](C)C3)cn2C)cc1. The Bertz CT molecular complexity index is 919. The van der Waals surface area contributed by atoms with Crippen LogP contribution in [-0.4, -0.2) is 43.4 Å². The van der Waals surface area contributed by atoms with Gasteiger partial charge in [0.25, 0.3) is 5.91 Å². The molecule has 0 unspecified atom stereocenters. The van der Waals surface area contributed by atoms with E-state index in [1.807, 2.05) is 0 Å². The molecule has 1 aromatic carbocycles. The van der Waals surface area contributed by atoms with Crippen LogP contribution in [0.25, 0.3) is 0 Å². The van der Waals surface area contributed by atoms with Gasteiger partial charge < -0.3 is 14.6 Å². The zero-order valence-corrected chi connectivity index (χ0v) is 16.6. The molecule has 0 aliphatic carbocycles. The number of methoxy groups -OCH3 is 1. The molecule has 146 valence electrons. The second-order valence-electron chi connectivity index (χ2n) is 6.97. The van der Waals surface area contributed by atoms with Crippen LogP contribution in [0, 0.1) is 5.92 Å². The summed E-state index contributed by atoms with van der Waals surface area (Å²) in [7, 11) is -0.357. The van der Waals surface area contributed by atoms with E-state index < -0.39 is 10.0 Å². The average Bonchev–Trinajstić information content (AvgIpc) is 3.05. The van der Waals surface area contributed by atoms with E-state index in [-0.39, 0.29) is 16.5 Å². The van der Waals surface area contributed by atoms with E-state index in [4.69, 9.17) is 4.74 Å². The number of carbonyl (C=O) groups is 1. The fourth-order valence-electron chi connectivity index (χ4n) is 3.28. The Kier molecular flexibility index (Phi) is 5.57. The number of nitrogens with one attached hydrogen (secondary N) is 1. The van der Waals surface area contributed by atoms with Gasteiger partial charge in [0.2, 0.25) is 10.0 Å². The minimum absolute atomic E-state index is 0.152. The standard InChI is InChI=1S/C19H25N3O4S/c1-14-5-4-10-22(12-14)27(24,25)17-11-18(21(2)13-17)19(23)20-15-6-8-16(26-3)9-7-15/h6-9,11,13-14H,4-5,10,12H2,1-3H3,(H,20,23)/t14-/m1/s1. The Morgan fingerprint density at radius 3 is 2.59 bits per heavy atom. The van der Waals surface area contributed by atoms with Crippen LogP contribution in [0.1, 0.15) is 30.3 Å². The molecule has 1 saturated heterocycles. The van der Waals surface area contributed by atoms with Crippen molar-refractivity contribution in [1.29, 1.82) is 0 Å². The molecule has 1 N–H and O–H groups in total. The van der Waals surface area contributed by atoms with Crippen molar-refractivity contribution in [2.24, 2.45) is 13.0 Å². The van der Waals surface area contributed by atoms with Crippen LogP contribution in [0.2, 0.25) is 0 Å². The molecule has 1 atom stereocenters. The number of aromatic nitrogens is 1. The molecule has 7 nitrogen and oxygen atoms in total. The second-order valence-corrected chi connectivity index (χ2v) is 8.90. The summed E-state index contributed by atoms with van der Waals surface area (Å²) in [6.07, 6.45) is 3.39. The summed E-state index contributed by atoms with van der Waals surface area (Å²) in [5, 5.41) is 2.78. The number of anilines is 1. The monoisotopic (exact) mass is 391 g/mol. The third-order valence-electron chi connectivity index (χ3n) is 4.82. The number of amides is 1. The predicted octanol–water partition coefficient (Wildman–Crippen LogP) is 2.71. The number of hydrogen-bond donors (Lipinski definition) is 1. The highest BCUT2D eigenvalue weighted by Gasteiger charge is 2.30. The molecule has 3 rings (SSSR count). The number of carbonyl (C=O) groups excluding carboxylic acids is 1. The molecule has 0 saturated carbocycles. The highest BCUT2D eigenvalue weighted by molar-refractivity contribution is 7.89. The van der Waals surface area contributed by atoms with Crippen molar-refractivity contribution < 1.29 is 17.9 Å². The van der Waals surface area contributed by atoms with Crippen molar-refractivity contribution in [3.05, 3.63) is 42.2 Å². The lowest BCUT2D eigenvalue weighted by Crippen LogP contribution is -2.38. The van der Waals surface area contributed by atoms with Gasteiger partial charge in [0.1, 0.15) is 16.3 Å². The van der Waals surface area contributed by atoms with Crippen molar-refractivity contribution in [2.45, 2.75) is 24.7 Å². The van der Waals surface area contributed by atoms with Gasteiger partial charge >= 0.3 is 0 Å². The van der Waals surface area contributed by atoms with Gasteiger partial charge in [-0.3, -0.25) is 4.79 Å². The third kappa shape index (κ3) is 4.17. The van der Waals surface area contributed by atoms with Crippen LogP contribution >= 0.6 is 0 Å². The summed E-state index contributed by atoms with van der Waals surface area (Å²) in [5.74, 6) is 0.669. The summed E-state index contributed by atoms with van der Waals surface area (Å²) in [6.45, 7) is 3.10. The molecule has 27 heavy (non-hydrogen) atoms. The number of nitrogens with zero attached hydrogens (tertiary/aromatic N) is 2. The van der Waals surface area contributed by atoms with Crippen LogP contribution in [0.5, 0.6) is 5.75 Å². The molecule has 8 heteroatoms. The first-order valence-electron chi connectivity index (χ1n) is 8.93. The Labute approximate surface area is 160 Å². The van der Waals surface area contributed by atoms with Gasteiger partial charge in [-0.25, -0.2) is 8.42 Å². The first-order valence-corrected chi connectivity index (χ1v) is 10.4. The Hall–Kier alpha value is -2.32. The van der Waals surface area contributed by atoms with Crippen molar-refractivity contribution in [2.75, 3.05) is 25.5 Å². The van der Waals surface area contributed by atoms with Crippen LogP contribution in [0.15, 0.2) is 41.4 Å². The maximum Gasteiger partial charge on any atom is 0.272 e. The highest BCUT2D eigenvalue weighted by Crippen LogP contribution is 2.25. The molecular formula is C19H25N3O4S. The van der Waals surface area contributed by atoms with Crippen molar-refractivity contribution in [3.8, 4) is 5.75 Å². The smallest absolute Gasteiger partial charge is 0.272 e. The van der Waals surface area contributed by atoms with Gasteiger partial charge in [-0.2, -0.15) is 4.31 Å². The molecule has 1 fully saturated rings. The van der Waals surface area contributed by atoms with Gasteiger partial charge in [-0.05, 0) is 49.1 Å². The lowest BCUT2D eigenvalue weighted by molar-refractivity contribution is 0.101. The summed E-state index contributed by atoms with van der Waals surface area (Å²) in [5.41, 5.74) is 0.894. The summed E-state index contributed by atoms with van der Waals surface area (Å²) in [6, 6.07) is 8.38. The summed E-state index contributed by atoms with van der Waals surface area (Å²) < 4.78 is 34.0. The lowest BCUT2D eigenvalue weighted by Gasteiger charge is -2.29. The van der Waals surface area contributed by atoms with Gasteiger partial charge in [-0.15, -0.1) is 0 Å². The van der Waals surface area contributed by atoms with Crippen molar-refractivity contribution in [3.63, 3.8) is 0 Å². The summed E-state index contributed by atoms with van der Waals surface area (Å²) >= 11 is 0. The zero-order chi connectivity index (χ0) is 19.6.